The second kappa shape index (κ2) is 13.2. The molecule has 3 nitrogen and oxygen atoms in total. The summed E-state index contributed by atoms with van der Waals surface area (Å²) in [7, 11) is 0. The number of benzene rings is 9. The molecule has 0 fully saturated rings. The van der Waals surface area contributed by atoms with E-state index >= 15 is 0 Å². The van der Waals surface area contributed by atoms with E-state index in [1.54, 1.807) is 0 Å². The predicted octanol–water partition coefficient (Wildman–Crippen LogP) is 16.8. The van der Waals surface area contributed by atoms with Gasteiger partial charge in [0.1, 0.15) is 0 Å². The molecule has 1 aliphatic carbocycles. The van der Waals surface area contributed by atoms with E-state index in [0.717, 1.165) is 34.2 Å². The van der Waals surface area contributed by atoms with Gasteiger partial charge in [-0.3, -0.25) is 0 Å². The number of hydrogen-bond donors (Lipinski definition) is 0. The van der Waals surface area contributed by atoms with Gasteiger partial charge >= 0.3 is 0 Å². The standard InChI is InChI=1S/C57H50N2O/c1-33(2)41-29-38-24-26-49(59-47-21-15-16-22-51(47)60-52-31-44-43-27-35(5)36(6)28-45(43)57(7,8)46(44)32-50(52)59)56-42(34(3)4)30-37-23-25-48(55(41)53(37)54(38)56)58(39-17-11-9-12-18-39)40-19-13-10-14-20-40/h9-34H,1-8H3. The van der Waals surface area contributed by atoms with Crippen molar-refractivity contribution in [1.82, 2.24) is 0 Å². The van der Waals surface area contributed by atoms with E-state index in [1.165, 1.54) is 88.2 Å². The molecule has 3 heteroatoms. The Labute approximate surface area is 353 Å². The normalized spacial score (nSPS) is 13.9. The molecule has 0 amide bonds. The summed E-state index contributed by atoms with van der Waals surface area (Å²) in [6.45, 7) is 18.6. The zero-order valence-electron chi connectivity index (χ0n) is 35.8. The van der Waals surface area contributed by atoms with Gasteiger partial charge in [0.2, 0.25) is 0 Å². The van der Waals surface area contributed by atoms with Gasteiger partial charge in [-0.1, -0.05) is 126 Å². The maximum atomic E-state index is 6.92. The van der Waals surface area contributed by atoms with Crippen molar-refractivity contribution < 1.29 is 4.74 Å². The molecule has 0 N–H and O–H groups in total. The van der Waals surface area contributed by atoms with E-state index in [-0.39, 0.29) is 11.3 Å². The van der Waals surface area contributed by atoms with Crippen molar-refractivity contribution in [1.29, 1.82) is 0 Å². The van der Waals surface area contributed by atoms with Crippen LogP contribution in [0, 0.1) is 13.8 Å². The number of para-hydroxylation sites is 4. The zero-order valence-corrected chi connectivity index (χ0v) is 35.8. The molecule has 294 valence electrons. The van der Waals surface area contributed by atoms with E-state index in [0.29, 0.717) is 5.92 Å². The van der Waals surface area contributed by atoms with Gasteiger partial charge < -0.3 is 14.5 Å². The molecule has 0 atom stereocenters. The number of aryl methyl sites for hydroxylation is 2. The highest BCUT2D eigenvalue weighted by Crippen LogP contribution is 2.59. The van der Waals surface area contributed by atoms with Gasteiger partial charge in [-0.05, 0) is 152 Å². The summed E-state index contributed by atoms with van der Waals surface area (Å²) in [4.78, 5) is 4.95. The summed E-state index contributed by atoms with van der Waals surface area (Å²) in [6, 6.07) is 54.2. The molecule has 0 saturated heterocycles. The van der Waals surface area contributed by atoms with Crippen LogP contribution in [0.4, 0.5) is 34.1 Å². The molecule has 9 aromatic rings. The molecular formula is C57H50N2O. The molecule has 0 spiro atoms. The van der Waals surface area contributed by atoms with Crippen molar-refractivity contribution in [3.63, 3.8) is 0 Å². The summed E-state index contributed by atoms with van der Waals surface area (Å²) in [5.74, 6) is 2.33. The minimum atomic E-state index is -0.167. The molecule has 0 bridgehead atoms. The van der Waals surface area contributed by atoms with E-state index in [9.17, 15) is 0 Å². The quantitative estimate of drug-likeness (QED) is 0.156. The Morgan fingerprint density at radius 2 is 1.03 bits per heavy atom. The maximum absolute atomic E-state index is 6.92. The SMILES string of the molecule is Cc1cc2c(cc1C)C(C)(C)c1cc3c(cc1-2)Oc1ccccc1N3c1ccc2cc(C(C)C)c3c(N(c4ccccc4)c4ccccc4)ccc4cc(C(C)C)c1c2c43. The van der Waals surface area contributed by atoms with E-state index < -0.39 is 0 Å². The third kappa shape index (κ3) is 5.21. The fourth-order valence-electron chi connectivity index (χ4n) is 10.4. The lowest BCUT2D eigenvalue weighted by atomic mass is 9.81. The summed E-state index contributed by atoms with van der Waals surface area (Å²) < 4.78 is 6.92. The minimum Gasteiger partial charge on any atom is -0.453 e. The molecule has 60 heavy (non-hydrogen) atoms. The van der Waals surface area contributed by atoms with E-state index in [2.05, 4.69) is 211 Å². The van der Waals surface area contributed by atoms with Crippen LogP contribution in [-0.4, -0.2) is 0 Å². The minimum absolute atomic E-state index is 0.167. The lowest BCUT2D eigenvalue weighted by molar-refractivity contribution is 0.476. The van der Waals surface area contributed by atoms with Crippen LogP contribution in [0.1, 0.15) is 86.8 Å². The molecule has 0 radical (unpaired) electrons. The Balaban J connectivity index is 1.24. The highest BCUT2D eigenvalue weighted by atomic mass is 16.5. The van der Waals surface area contributed by atoms with Gasteiger partial charge in [-0.15, -0.1) is 0 Å². The maximum Gasteiger partial charge on any atom is 0.152 e. The van der Waals surface area contributed by atoms with Gasteiger partial charge in [0.05, 0.1) is 22.7 Å². The van der Waals surface area contributed by atoms with Crippen LogP contribution in [0.5, 0.6) is 11.5 Å². The fraction of sp³-hybridized carbons (Fsp3) is 0.193. The topological polar surface area (TPSA) is 15.7 Å². The lowest BCUT2D eigenvalue weighted by Gasteiger charge is -2.36. The van der Waals surface area contributed by atoms with Crippen molar-refractivity contribution in [2.24, 2.45) is 0 Å². The van der Waals surface area contributed by atoms with E-state index in [4.69, 9.17) is 4.74 Å². The highest BCUT2D eigenvalue weighted by Gasteiger charge is 2.39. The van der Waals surface area contributed by atoms with Gasteiger partial charge in [0, 0.05) is 27.6 Å². The van der Waals surface area contributed by atoms with Crippen LogP contribution >= 0.6 is 0 Å². The number of rotatable bonds is 6. The molecular weight excluding hydrogens is 729 g/mol. The first-order valence-corrected chi connectivity index (χ1v) is 21.6. The van der Waals surface area contributed by atoms with Crippen LogP contribution in [0.3, 0.4) is 0 Å². The first-order valence-electron chi connectivity index (χ1n) is 21.6. The Bertz CT molecular complexity index is 3140. The van der Waals surface area contributed by atoms with Crippen LogP contribution in [0.25, 0.3) is 43.4 Å². The molecule has 0 unspecified atom stereocenters. The average molecular weight is 779 g/mol. The van der Waals surface area contributed by atoms with Crippen LogP contribution in [-0.2, 0) is 5.41 Å². The predicted molar refractivity (Wildman–Crippen MR) is 255 cm³/mol. The van der Waals surface area contributed by atoms with Crippen molar-refractivity contribution in [3.05, 3.63) is 179 Å². The van der Waals surface area contributed by atoms with Crippen molar-refractivity contribution in [3.8, 4) is 22.6 Å². The number of fused-ring (bicyclic) bond motifs is 5. The molecule has 2 aliphatic rings. The van der Waals surface area contributed by atoms with Crippen molar-refractivity contribution in [2.75, 3.05) is 9.80 Å². The summed E-state index contributed by atoms with van der Waals surface area (Å²) in [5.41, 5.74) is 17.3. The van der Waals surface area contributed by atoms with Crippen molar-refractivity contribution in [2.45, 2.75) is 72.6 Å². The first-order chi connectivity index (χ1) is 29.0. The summed E-state index contributed by atoms with van der Waals surface area (Å²) in [5, 5.41) is 7.81. The van der Waals surface area contributed by atoms with Gasteiger partial charge in [-0.25, -0.2) is 0 Å². The molecule has 11 rings (SSSR count). The van der Waals surface area contributed by atoms with Crippen LogP contribution in [0.2, 0.25) is 0 Å². The van der Waals surface area contributed by atoms with Gasteiger partial charge in [-0.2, -0.15) is 0 Å². The summed E-state index contributed by atoms with van der Waals surface area (Å²) >= 11 is 0. The molecule has 0 aromatic heterocycles. The fourth-order valence-corrected chi connectivity index (χ4v) is 10.4. The van der Waals surface area contributed by atoms with Gasteiger partial charge in [0.25, 0.3) is 0 Å². The first kappa shape index (κ1) is 36.5. The second-order valence-electron chi connectivity index (χ2n) is 18.2. The molecule has 0 saturated carbocycles. The number of hydrogen-bond acceptors (Lipinski definition) is 3. The Morgan fingerprint density at radius 3 is 1.70 bits per heavy atom. The second-order valence-corrected chi connectivity index (χ2v) is 18.2. The Kier molecular flexibility index (Phi) is 8.04. The molecule has 1 aliphatic heterocycles. The lowest BCUT2D eigenvalue weighted by Crippen LogP contribution is -2.19. The molecule has 9 aromatic carbocycles. The van der Waals surface area contributed by atoms with Crippen molar-refractivity contribution >= 4 is 66.4 Å². The highest BCUT2D eigenvalue weighted by molar-refractivity contribution is 6.30. The smallest absolute Gasteiger partial charge is 0.152 e. The third-order valence-corrected chi connectivity index (χ3v) is 13.6. The number of ether oxygens (including phenoxy) is 1. The van der Waals surface area contributed by atoms with Crippen LogP contribution < -0.4 is 14.5 Å². The number of nitrogens with zero attached hydrogens (tertiary/aromatic N) is 2. The Morgan fingerprint density at radius 1 is 0.483 bits per heavy atom. The van der Waals surface area contributed by atoms with Gasteiger partial charge in [0.15, 0.2) is 11.5 Å². The largest absolute Gasteiger partial charge is 0.453 e. The Hall–Kier alpha value is -6.58. The number of anilines is 6. The average Bonchev–Trinajstić information content (AvgIpc) is 3.45. The van der Waals surface area contributed by atoms with E-state index in [1.807, 2.05) is 0 Å². The third-order valence-electron chi connectivity index (χ3n) is 13.6. The zero-order chi connectivity index (χ0) is 41.2. The monoisotopic (exact) mass is 778 g/mol. The van der Waals surface area contributed by atoms with Crippen LogP contribution in [0.15, 0.2) is 146 Å². The molecule has 1 heterocycles. The summed E-state index contributed by atoms with van der Waals surface area (Å²) in [6.07, 6.45) is 0.